The molecule has 21 heavy (non-hydrogen) atoms. The maximum absolute atomic E-state index is 12.6. The Morgan fingerprint density at radius 1 is 0.857 bits per heavy atom. The van der Waals surface area contributed by atoms with Crippen LogP contribution in [0.15, 0.2) is 63.8 Å². The van der Waals surface area contributed by atoms with E-state index in [0.717, 1.165) is 11.1 Å². The van der Waals surface area contributed by atoms with Gasteiger partial charge in [0, 0.05) is 6.07 Å². The summed E-state index contributed by atoms with van der Waals surface area (Å²) >= 11 is 0. The first-order chi connectivity index (χ1) is 9.95. The van der Waals surface area contributed by atoms with Gasteiger partial charge in [0.1, 0.15) is 5.58 Å². The second kappa shape index (κ2) is 4.77. The summed E-state index contributed by atoms with van der Waals surface area (Å²) in [5.41, 5.74) is 0.838. The van der Waals surface area contributed by atoms with E-state index in [1.165, 1.54) is 12.1 Å². The van der Waals surface area contributed by atoms with Gasteiger partial charge in [-0.05, 0) is 23.3 Å². The van der Waals surface area contributed by atoms with E-state index in [1.54, 1.807) is 6.07 Å². The highest BCUT2D eigenvalue weighted by Gasteiger charge is 2.34. The molecular formula is C16H9F3O2. The van der Waals surface area contributed by atoms with Crippen LogP contribution in [-0.4, -0.2) is 0 Å². The zero-order chi connectivity index (χ0) is 15.0. The van der Waals surface area contributed by atoms with Gasteiger partial charge in [0.15, 0.2) is 5.43 Å². The molecule has 0 bridgehead atoms. The Bertz CT molecular complexity index is 849. The molecule has 0 spiro atoms. The van der Waals surface area contributed by atoms with E-state index >= 15 is 0 Å². The molecule has 3 rings (SSSR count). The van der Waals surface area contributed by atoms with Gasteiger partial charge in [-0.15, -0.1) is 0 Å². The maximum Gasteiger partial charge on any atom is 0.449 e. The summed E-state index contributed by atoms with van der Waals surface area (Å²) in [6.07, 6.45) is -4.68. The number of alkyl halides is 3. The number of fused-ring (bicyclic) bond motifs is 1. The van der Waals surface area contributed by atoms with Crippen molar-refractivity contribution in [2.45, 2.75) is 6.18 Å². The molecule has 2 nitrogen and oxygen atoms in total. The van der Waals surface area contributed by atoms with Gasteiger partial charge in [0.05, 0.1) is 5.39 Å². The van der Waals surface area contributed by atoms with E-state index in [-0.39, 0.29) is 11.0 Å². The van der Waals surface area contributed by atoms with Gasteiger partial charge >= 0.3 is 6.18 Å². The molecule has 0 radical (unpaired) electrons. The molecule has 0 aliphatic rings. The van der Waals surface area contributed by atoms with Crippen molar-refractivity contribution in [3.8, 4) is 11.1 Å². The predicted octanol–water partition coefficient (Wildman–Crippen LogP) is 4.48. The van der Waals surface area contributed by atoms with E-state index in [9.17, 15) is 18.0 Å². The highest BCUT2D eigenvalue weighted by molar-refractivity contribution is 5.83. The molecule has 3 aromatic rings. The van der Waals surface area contributed by atoms with E-state index in [2.05, 4.69) is 0 Å². The van der Waals surface area contributed by atoms with Crippen molar-refractivity contribution in [2.75, 3.05) is 0 Å². The topological polar surface area (TPSA) is 30.2 Å². The van der Waals surface area contributed by atoms with Gasteiger partial charge in [-0.2, -0.15) is 13.2 Å². The Balaban J connectivity index is 2.20. The van der Waals surface area contributed by atoms with Crippen LogP contribution >= 0.6 is 0 Å². The third-order valence-electron chi connectivity index (χ3n) is 3.11. The van der Waals surface area contributed by atoms with Crippen molar-refractivity contribution < 1.29 is 17.6 Å². The van der Waals surface area contributed by atoms with E-state index in [1.807, 2.05) is 30.3 Å². The number of benzene rings is 2. The van der Waals surface area contributed by atoms with Crippen LogP contribution in [0.4, 0.5) is 13.2 Å². The molecule has 1 aromatic heterocycles. The van der Waals surface area contributed by atoms with Crippen molar-refractivity contribution in [1.29, 1.82) is 0 Å². The van der Waals surface area contributed by atoms with Crippen molar-refractivity contribution in [3.63, 3.8) is 0 Å². The normalized spacial score (nSPS) is 11.8. The molecule has 0 atom stereocenters. The lowest BCUT2D eigenvalue weighted by molar-refractivity contribution is -0.152. The van der Waals surface area contributed by atoms with Crippen LogP contribution in [0.25, 0.3) is 22.1 Å². The van der Waals surface area contributed by atoms with E-state index < -0.39 is 17.4 Å². The van der Waals surface area contributed by atoms with Crippen LogP contribution in [0.2, 0.25) is 0 Å². The van der Waals surface area contributed by atoms with Crippen LogP contribution in [0.3, 0.4) is 0 Å². The smallest absolute Gasteiger partial charge is 0.449 e. The van der Waals surface area contributed by atoms with Crippen molar-refractivity contribution in [2.24, 2.45) is 0 Å². The minimum atomic E-state index is -4.68. The minimum Gasteiger partial charge on any atom is -0.451 e. The summed E-state index contributed by atoms with van der Waals surface area (Å²) in [4.78, 5) is 11.9. The Morgan fingerprint density at radius 2 is 1.57 bits per heavy atom. The summed E-state index contributed by atoms with van der Waals surface area (Å²) in [5.74, 6) is -1.28. The summed E-state index contributed by atoms with van der Waals surface area (Å²) in [6, 6.07) is 14.3. The Morgan fingerprint density at radius 3 is 2.24 bits per heavy atom. The lowest BCUT2D eigenvalue weighted by Gasteiger charge is -2.07. The monoisotopic (exact) mass is 290 g/mol. The number of halogens is 3. The third-order valence-corrected chi connectivity index (χ3v) is 3.11. The molecule has 0 aliphatic heterocycles. The van der Waals surface area contributed by atoms with Gasteiger partial charge in [0.25, 0.3) is 0 Å². The standard InChI is InChI=1S/C16H9F3O2/c17-16(18,19)15-9-13(20)12-8-11(6-7-14(12)21-15)10-4-2-1-3-5-10/h1-9H. The summed E-state index contributed by atoms with van der Waals surface area (Å²) in [7, 11) is 0. The number of rotatable bonds is 1. The first kappa shape index (κ1) is 13.4. The molecule has 0 aliphatic carbocycles. The van der Waals surface area contributed by atoms with Gasteiger partial charge in [-0.3, -0.25) is 4.79 Å². The van der Waals surface area contributed by atoms with E-state index in [0.29, 0.717) is 6.07 Å². The molecule has 0 amide bonds. The highest BCUT2D eigenvalue weighted by Crippen LogP contribution is 2.31. The fourth-order valence-corrected chi connectivity index (χ4v) is 2.11. The molecule has 0 saturated heterocycles. The van der Waals surface area contributed by atoms with Crippen LogP contribution < -0.4 is 5.43 Å². The van der Waals surface area contributed by atoms with Crippen LogP contribution in [0.5, 0.6) is 0 Å². The first-order valence-corrected chi connectivity index (χ1v) is 6.16. The van der Waals surface area contributed by atoms with Gasteiger partial charge in [-0.1, -0.05) is 36.4 Å². The Kier molecular flexibility index (Phi) is 3.05. The number of hydrogen-bond donors (Lipinski definition) is 0. The predicted molar refractivity (Wildman–Crippen MR) is 72.9 cm³/mol. The quantitative estimate of drug-likeness (QED) is 0.661. The number of hydrogen-bond acceptors (Lipinski definition) is 2. The molecule has 0 fully saturated rings. The summed E-state index contributed by atoms with van der Waals surface area (Å²) in [5, 5.41) is 0.129. The lowest BCUT2D eigenvalue weighted by Crippen LogP contribution is -2.10. The molecular weight excluding hydrogens is 281 g/mol. The molecule has 5 heteroatoms. The van der Waals surface area contributed by atoms with Gasteiger partial charge < -0.3 is 4.42 Å². The van der Waals surface area contributed by atoms with Crippen LogP contribution in [0.1, 0.15) is 5.76 Å². The third kappa shape index (κ3) is 2.54. The molecule has 1 heterocycles. The summed E-state index contributed by atoms with van der Waals surface area (Å²) < 4.78 is 42.6. The zero-order valence-electron chi connectivity index (χ0n) is 10.6. The van der Waals surface area contributed by atoms with Gasteiger partial charge in [0.2, 0.25) is 5.76 Å². The van der Waals surface area contributed by atoms with Crippen molar-refractivity contribution >= 4 is 11.0 Å². The molecule has 106 valence electrons. The molecule has 0 saturated carbocycles. The summed E-state index contributed by atoms with van der Waals surface area (Å²) in [6.45, 7) is 0. The zero-order valence-corrected chi connectivity index (χ0v) is 10.6. The second-order valence-corrected chi connectivity index (χ2v) is 4.55. The fourth-order valence-electron chi connectivity index (χ4n) is 2.11. The van der Waals surface area contributed by atoms with Gasteiger partial charge in [-0.25, -0.2) is 0 Å². The fraction of sp³-hybridized carbons (Fsp3) is 0.0625. The van der Waals surface area contributed by atoms with Crippen molar-refractivity contribution in [3.05, 3.63) is 70.6 Å². The van der Waals surface area contributed by atoms with Crippen LogP contribution in [0, 0.1) is 0 Å². The van der Waals surface area contributed by atoms with E-state index in [4.69, 9.17) is 4.42 Å². The van der Waals surface area contributed by atoms with Crippen molar-refractivity contribution in [1.82, 2.24) is 0 Å². The lowest BCUT2D eigenvalue weighted by atomic mass is 10.0. The highest BCUT2D eigenvalue weighted by atomic mass is 19.4. The second-order valence-electron chi connectivity index (χ2n) is 4.55. The first-order valence-electron chi connectivity index (χ1n) is 6.16. The largest absolute Gasteiger partial charge is 0.451 e. The Hall–Kier alpha value is -2.56. The average molecular weight is 290 g/mol. The Labute approximate surface area is 117 Å². The SMILES string of the molecule is O=c1cc(C(F)(F)F)oc2ccc(-c3ccccc3)cc12. The van der Waals surface area contributed by atoms with Crippen LogP contribution in [-0.2, 0) is 6.18 Å². The minimum absolute atomic E-state index is 0.0745. The molecule has 2 aromatic carbocycles. The molecule has 0 unspecified atom stereocenters. The average Bonchev–Trinajstić information content (AvgIpc) is 2.47. The molecule has 0 N–H and O–H groups in total. The maximum atomic E-state index is 12.6.